The van der Waals surface area contributed by atoms with E-state index in [1.807, 2.05) is 26.0 Å². The number of rotatable bonds is 4. The Balaban J connectivity index is 2.00. The Hall–Kier alpha value is -3.25. The number of ether oxygens (including phenoxy) is 1. The van der Waals surface area contributed by atoms with Crippen LogP contribution in [0, 0.1) is 0 Å². The first kappa shape index (κ1) is 21.0. The molecule has 0 unspecified atom stereocenters. The third kappa shape index (κ3) is 3.91. The van der Waals surface area contributed by atoms with Crippen molar-refractivity contribution in [2.75, 3.05) is 0 Å². The maximum Gasteiger partial charge on any atom is 0.204 e. The van der Waals surface area contributed by atoms with Gasteiger partial charge >= 0.3 is 0 Å². The monoisotopic (exact) mass is 422 g/mol. The summed E-state index contributed by atoms with van der Waals surface area (Å²) in [6.07, 6.45) is 5.77. The highest BCUT2D eigenvalue weighted by Crippen LogP contribution is 2.45. The molecule has 4 rings (SSSR count). The van der Waals surface area contributed by atoms with Crippen LogP contribution in [0.25, 0.3) is 28.2 Å². The van der Waals surface area contributed by atoms with Gasteiger partial charge in [-0.25, -0.2) is 0 Å². The molecule has 1 aliphatic heterocycles. The van der Waals surface area contributed by atoms with Gasteiger partial charge in [0.25, 0.3) is 0 Å². The number of phenols is 2. The minimum absolute atomic E-state index is 0.0722. The summed E-state index contributed by atoms with van der Waals surface area (Å²) in [5.41, 5.74) is 0.224. The molecule has 0 radical (unpaired) electrons. The second kappa shape index (κ2) is 7.17. The molecule has 0 bridgehead atoms. The van der Waals surface area contributed by atoms with E-state index in [0.29, 0.717) is 35.3 Å². The molecule has 2 heterocycles. The summed E-state index contributed by atoms with van der Waals surface area (Å²) in [5.74, 6) is 0.352. The fraction of sp³-hybridized carbons (Fsp3) is 0.320. The predicted molar refractivity (Wildman–Crippen MR) is 120 cm³/mol. The van der Waals surface area contributed by atoms with E-state index in [2.05, 4.69) is 0 Å². The number of hydrogen-bond acceptors (Lipinski definition) is 6. The van der Waals surface area contributed by atoms with Crippen molar-refractivity contribution in [3.63, 3.8) is 0 Å². The number of phenolic OH excluding ortho intramolecular Hbond substituents is 2. The van der Waals surface area contributed by atoms with Crippen LogP contribution in [0.4, 0.5) is 0 Å². The predicted octanol–water partition coefficient (Wildman–Crippen LogP) is 4.76. The Morgan fingerprint density at radius 1 is 1.10 bits per heavy atom. The van der Waals surface area contributed by atoms with Crippen LogP contribution in [-0.4, -0.2) is 26.5 Å². The molecular formula is C25H26O6. The molecule has 0 spiro atoms. The minimum atomic E-state index is -0.952. The number of aromatic hydroxyl groups is 2. The normalized spacial score (nSPS) is 15.0. The van der Waals surface area contributed by atoms with Crippen molar-refractivity contribution in [1.29, 1.82) is 0 Å². The van der Waals surface area contributed by atoms with Gasteiger partial charge in [0.05, 0.1) is 16.7 Å². The van der Waals surface area contributed by atoms with Crippen LogP contribution in [0.5, 0.6) is 17.2 Å². The molecular weight excluding hydrogens is 396 g/mol. The highest BCUT2D eigenvalue weighted by Gasteiger charge is 2.31. The third-order valence-corrected chi connectivity index (χ3v) is 5.46. The van der Waals surface area contributed by atoms with Crippen molar-refractivity contribution < 1.29 is 24.5 Å². The van der Waals surface area contributed by atoms with Gasteiger partial charge in [0, 0.05) is 5.56 Å². The number of benzene rings is 2. The number of aliphatic hydroxyl groups is 1. The lowest BCUT2D eigenvalue weighted by Gasteiger charge is -2.31. The Bertz CT molecular complexity index is 1240. The Kier molecular flexibility index (Phi) is 4.85. The van der Waals surface area contributed by atoms with Gasteiger partial charge in [-0.15, -0.1) is 0 Å². The first-order valence-corrected chi connectivity index (χ1v) is 10.2. The van der Waals surface area contributed by atoms with Crippen molar-refractivity contribution in [2.45, 2.75) is 51.7 Å². The second-order valence-corrected chi connectivity index (χ2v) is 9.15. The van der Waals surface area contributed by atoms with E-state index >= 15 is 0 Å². The van der Waals surface area contributed by atoms with E-state index in [4.69, 9.17) is 9.15 Å². The summed E-state index contributed by atoms with van der Waals surface area (Å²) in [7, 11) is 0. The van der Waals surface area contributed by atoms with Gasteiger partial charge in [-0.3, -0.25) is 4.79 Å². The van der Waals surface area contributed by atoms with Crippen LogP contribution in [0.1, 0.15) is 45.2 Å². The smallest absolute Gasteiger partial charge is 0.204 e. The lowest BCUT2D eigenvalue weighted by atomic mass is 9.91. The standard InChI is InChI=1S/C25H26O6/c1-24(2,29)11-9-16-20(27)19-21(28)18(14-5-7-15(26)8-6-14)13-30-23(19)17-10-12-25(3,4)31-22(16)17/h5-8,10,12-13,26-27,29H,9,11H2,1-4H3. The van der Waals surface area contributed by atoms with Crippen molar-refractivity contribution in [2.24, 2.45) is 0 Å². The molecule has 6 nitrogen and oxygen atoms in total. The Morgan fingerprint density at radius 2 is 1.77 bits per heavy atom. The topological polar surface area (TPSA) is 100 Å². The van der Waals surface area contributed by atoms with Gasteiger partial charge in [0.1, 0.15) is 34.5 Å². The summed E-state index contributed by atoms with van der Waals surface area (Å²) in [6.45, 7) is 7.19. The molecule has 31 heavy (non-hydrogen) atoms. The Labute approximate surface area is 180 Å². The zero-order valence-electron chi connectivity index (χ0n) is 18.0. The summed E-state index contributed by atoms with van der Waals surface area (Å²) in [6, 6.07) is 6.20. The summed E-state index contributed by atoms with van der Waals surface area (Å²) in [5, 5.41) is 31.0. The number of hydrogen-bond donors (Lipinski definition) is 3. The maximum atomic E-state index is 13.4. The van der Waals surface area contributed by atoms with Crippen LogP contribution in [-0.2, 0) is 6.42 Å². The molecule has 0 saturated heterocycles. The highest BCUT2D eigenvalue weighted by molar-refractivity contribution is 5.97. The average molecular weight is 422 g/mol. The van der Waals surface area contributed by atoms with Crippen LogP contribution < -0.4 is 10.2 Å². The van der Waals surface area contributed by atoms with Crippen molar-refractivity contribution in [3.8, 4) is 28.4 Å². The second-order valence-electron chi connectivity index (χ2n) is 9.15. The zero-order chi connectivity index (χ0) is 22.6. The van der Waals surface area contributed by atoms with E-state index in [1.54, 1.807) is 26.0 Å². The molecule has 162 valence electrons. The van der Waals surface area contributed by atoms with E-state index in [-0.39, 0.29) is 33.5 Å². The third-order valence-electron chi connectivity index (χ3n) is 5.46. The first-order valence-electron chi connectivity index (χ1n) is 10.2. The van der Waals surface area contributed by atoms with Crippen LogP contribution >= 0.6 is 0 Å². The van der Waals surface area contributed by atoms with Crippen LogP contribution in [0.15, 0.2) is 45.8 Å². The molecule has 2 aromatic carbocycles. The summed E-state index contributed by atoms with van der Waals surface area (Å²) in [4.78, 5) is 13.4. The van der Waals surface area contributed by atoms with Crippen molar-refractivity contribution in [3.05, 3.63) is 58.0 Å². The minimum Gasteiger partial charge on any atom is -0.508 e. The van der Waals surface area contributed by atoms with Crippen LogP contribution in [0.3, 0.4) is 0 Å². The molecule has 0 atom stereocenters. The van der Waals surface area contributed by atoms with Gasteiger partial charge in [-0.05, 0) is 70.4 Å². The zero-order valence-corrected chi connectivity index (χ0v) is 18.0. The lowest BCUT2D eigenvalue weighted by molar-refractivity contribution is 0.0707. The fourth-order valence-electron chi connectivity index (χ4n) is 3.76. The lowest BCUT2D eigenvalue weighted by Crippen LogP contribution is -2.29. The fourth-order valence-corrected chi connectivity index (χ4v) is 3.76. The average Bonchev–Trinajstić information content (AvgIpc) is 2.67. The quantitative estimate of drug-likeness (QED) is 0.561. The Morgan fingerprint density at radius 3 is 2.42 bits per heavy atom. The first-order chi connectivity index (χ1) is 14.5. The van der Waals surface area contributed by atoms with E-state index in [9.17, 15) is 20.1 Å². The summed E-state index contributed by atoms with van der Waals surface area (Å²) < 4.78 is 12.0. The largest absolute Gasteiger partial charge is 0.508 e. The molecule has 6 heteroatoms. The van der Waals surface area contributed by atoms with Crippen molar-refractivity contribution in [1.82, 2.24) is 0 Å². The van der Waals surface area contributed by atoms with Gasteiger partial charge in [0.2, 0.25) is 5.43 Å². The SMILES string of the molecule is CC(C)(O)CCc1c2c(c3occ(-c4ccc(O)cc4)c(=O)c3c1O)C=CC(C)(C)O2. The molecule has 3 N–H and O–H groups in total. The summed E-state index contributed by atoms with van der Waals surface area (Å²) >= 11 is 0. The van der Waals surface area contributed by atoms with Gasteiger partial charge in [-0.2, -0.15) is 0 Å². The van der Waals surface area contributed by atoms with Gasteiger partial charge < -0.3 is 24.5 Å². The maximum absolute atomic E-state index is 13.4. The van der Waals surface area contributed by atoms with Crippen LogP contribution in [0.2, 0.25) is 0 Å². The molecule has 3 aromatic rings. The van der Waals surface area contributed by atoms with E-state index < -0.39 is 11.2 Å². The van der Waals surface area contributed by atoms with E-state index in [0.717, 1.165) is 0 Å². The highest BCUT2D eigenvalue weighted by atomic mass is 16.5. The molecule has 0 amide bonds. The van der Waals surface area contributed by atoms with Crippen molar-refractivity contribution >= 4 is 17.0 Å². The molecule has 1 aliphatic rings. The van der Waals surface area contributed by atoms with Gasteiger partial charge in [-0.1, -0.05) is 12.1 Å². The molecule has 0 aliphatic carbocycles. The number of fused-ring (bicyclic) bond motifs is 3. The molecule has 0 fully saturated rings. The van der Waals surface area contributed by atoms with E-state index in [1.165, 1.54) is 18.4 Å². The molecule has 1 aromatic heterocycles. The molecule has 0 saturated carbocycles. The van der Waals surface area contributed by atoms with Gasteiger partial charge in [0.15, 0.2) is 5.58 Å².